The zero-order valence-electron chi connectivity index (χ0n) is 7.97. The lowest BCUT2D eigenvalue weighted by Crippen LogP contribution is -2.21. The summed E-state index contributed by atoms with van der Waals surface area (Å²) in [6, 6.07) is 0. The monoisotopic (exact) mass is 216 g/mol. The molecule has 86 valence electrons. The summed E-state index contributed by atoms with van der Waals surface area (Å²) in [5.41, 5.74) is 0. The molecule has 0 fully saturated rings. The molecule has 0 aromatic heterocycles. The van der Waals surface area contributed by atoms with Gasteiger partial charge in [-0.1, -0.05) is 26.2 Å². The van der Waals surface area contributed by atoms with Crippen molar-refractivity contribution in [2.75, 3.05) is 6.61 Å². The molecule has 0 aliphatic rings. The Morgan fingerprint density at radius 2 is 1.64 bits per heavy atom. The van der Waals surface area contributed by atoms with Gasteiger partial charge in [0.25, 0.3) is 0 Å². The van der Waals surface area contributed by atoms with Gasteiger partial charge in [-0.05, 0) is 6.42 Å². The van der Waals surface area contributed by atoms with Crippen LogP contribution < -0.4 is 0 Å². The Labute approximate surface area is 80.5 Å². The number of carbonyl (C=O) groups is 1. The zero-order chi connectivity index (χ0) is 11.6. The maximum Gasteiger partial charge on any atom is 0.490 e. The van der Waals surface area contributed by atoms with Crippen molar-refractivity contribution in [2.24, 2.45) is 0 Å². The van der Waals surface area contributed by atoms with E-state index in [0.29, 0.717) is 6.61 Å². The van der Waals surface area contributed by atoms with E-state index < -0.39 is 12.1 Å². The topological polar surface area (TPSA) is 57.5 Å². The fourth-order valence-electron chi connectivity index (χ4n) is 0.539. The minimum absolute atomic E-state index is 0.361. The number of carboxylic acid groups (broad SMARTS) is 1. The Morgan fingerprint density at radius 3 is 1.86 bits per heavy atom. The molecule has 0 aromatic rings. The number of aliphatic hydroxyl groups is 1. The maximum atomic E-state index is 10.6. The van der Waals surface area contributed by atoms with Crippen molar-refractivity contribution in [3.05, 3.63) is 0 Å². The van der Waals surface area contributed by atoms with Crippen molar-refractivity contribution in [2.45, 2.75) is 38.8 Å². The molecule has 0 heterocycles. The van der Waals surface area contributed by atoms with Crippen LogP contribution in [-0.4, -0.2) is 29.0 Å². The Bertz CT molecular complexity index is 141. The molecule has 0 bridgehead atoms. The third-order valence-electron chi connectivity index (χ3n) is 1.25. The fourth-order valence-corrected chi connectivity index (χ4v) is 0.539. The van der Waals surface area contributed by atoms with Gasteiger partial charge in [-0.25, -0.2) is 4.79 Å². The van der Waals surface area contributed by atoms with E-state index in [1.54, 1.807) is 0 Å². The summed E-state index contributed by atoms with van der Waals surface area (Å²) in [6.07, 6.45) is -0.401. The second kappa shape index (κ2) is 8.80. The van der Waals surface area contributed by atoms with Gasteiger partial charge in [-0.3, -0.25) is 0 Å². The van der Waals surface area contributed by atoms with Crippen LogP contribution in [0.5, 0.6) is 0 Å². The van der Waals surface area contributed by atoms with Gasteiger partial charge >= 0.3 is 12.1 Å². The predicted molar refractivity (Wildman–Crippen MR) is 44.9 cm³/mol. The number of rotatable bonds is 4. The lowest BCUT2D eigenvalue weighted by Gasteiger charge is -1.93. The minimum Gasteiger partial charge on any atom is -0.475 e. The summed E-state index contributed by atoms with van der Waals surface area (Å²) in [5.74, 6) is -2.76. The quantitative estimate of drug-likeness (QED) is 0.708. The number of hydrogen-bond donors (Lipinski definition) is 2. The predicted octanol–water partition coefficient (Wildman–Crippen LogP) is 2.19. The third kappa shape index (κ3) is 13.8. The van der Waals surface area contributed by atoms with E-state index in [-0.39, 0.29) is 0 Å². The van der Waals surface area contributed by atoms with Crippen LogP contribution in [0.25, 0.3) is 0 Å². The molecule has 3 nitrogen and oxygen atoms in total. The molecule has 0 aliphatic heterocycles. The van der Waals surface area contributed by atoms with Crippen LogP contribution in [0.2, 0.25) is 0 Å². The van der Waals surface area contributed by atoms with Gasteiger partial charge in [0.2, 0.25) is 0 Å². The molecule has 0 unspecified atom stereocenters. The molecule has 0 aromatic carbocycles. The number of halogens is 3. The van der Waals surface area contributed by atoms with Crippen molar-refractivity contribution in [1.82, 2.24) is 0 Å². The summed E-state index contributed by atoms with van der Waals surface area (Å²) in [6.45, 7) is 2.53. The molecule has 0 radical (unpaired) electrons. The van der Waals surface area contributed by atoms with Gasteiger partial charge in [-0.15, -0.1) is 0 Å². The molecule has 14 heavy (non-hydrogen) atoms. The molecule has 0 spiro atoms. The molecule has 0 saturated carbocycles. The smallest absolute Gasteiger partial charge is 0.475 e. The molecule has 2 N–H and O–H groups in total. The summed E-state index contributed by atoms with van der Waals surface area (Å²) in [4.78, 5) is 8.90. The molecular weight excluding hydrogens is 201 g/mol. The van der Waals surface area contributed by atoms with Crippen LogP contribution in [0.4, 0.5) is 13.2 Å². The highest BCUT2D eigenvalue weighted by molar-refractivity contribution is 5.73. The first-order valence-electron chi connectivity index (χ1n) is 4.27. The highest BCUT2D eigenvalue weighted by atomic mass is 19.4. The average Bonchev–Trinajstić information content (AvgIpc) is 2.05. The van der Waals surface area contributed by atoms with E-state index in [2.05, 4.69) is 6.92 Å². The molecular formula is C8H15F3O3. The Morgan fingerprint density at radius 1 is 1.21 bits per heavy atom. The van der Waals surface area contributed by atoms with E-state index in [9.17, 15) is 13.2 Å². The number of hydrogen-bond acceptors (Lipinski definition) is 2. The molecule has 0 aliphatic carbocycles. The normalized spacial score (nSPS) is 10.4. The largest absolute Gasteiger partial charge is 0.490 e. The van der Waals surface area contributed by atoms with Crippen LogP contribution in [-0.2, 0) is 4.79 Å². The van der Waals surface area contributed by atoms with Gasteiger partial charge in [0.1, 0.15) is 0 Å². The number of alkyl halides is 3. The van der Waals surface area contributed by atoms with Gasteiger partial charge < -0.3 is 10.2 Å². The molecule has 0 rings (SSSR count). The summed E-state index contributed by atoms with van der Waals surface area (Å²) in [7, 11) is 0. The highest BCUT2D eigenvalue weighted by Crippen LogP contribution is 2.13. The summed E-state index contributed by atoms with van der Waals surface area (Å²) in [5, 5.41) is 15.4. The lowest BCUT2D eigenvalue weighted by molar-refractivity contribution is -0.192. The molecule has 0 amide bonds. The van der Waals surface area contributed by atoms with Crippen molar-refractivity contribution in [3.8, 4) is 0 Å². The van der Waals surface area contributed by atoms with Crippen LogP contribution in [0.15, 0.2) is 0 Å². The molecule has 0 atom stereocenters. The van der Waals surface area contributed by atoms with Crippen LogP contribution in [0.3, 0.4) is 0 Å². The highest BCUT2D eigenvalue weighted by Gasteiger charge is 2.38. The first kappa shape index (κ1) is 15.7. The Balaban J connectivity index is 0. The third-order valence-corrected chi connectivity index (χ3v) is 1.25. The SMILES string of the molecule is CCCCCCO.O=C(O)C(F)(F)F. The van der Waals surface area contributed by atoms with Gasteiger partial charge in [-0.2, -0.15) is 13.2 Å². The van der Waals surface area contributed by atoms with Gasteiger partial charge in [0.15, 0.2) is 0 Å². The maximum absolute atomic E-state index is 10.6. The standard InChI is InChI=1S/C6H14O.C2HF3O2/c1-2-3-4-5-6-7;3-2(4,5)1(6)7/h7H,2-6H2,1H3;(H,6,7). The summed E-state index contributed by atoms with van der Waals surface area (Å²) >= 11 is 0. The van der Waals surface area contributed by atoms with E-state index in [0.717, 1.165) is 6.42 Å². The van der Waals surface area contributed by atoms with E-state index in [1.807, 2.05) is 0 Å². The van der Waals surface area contributed by atoms with Crippen molar-refractivity contribution < 1.29 is 28.2 Å². The van der Waals surface area contributed by atoms with Gasteiger partial charge in [0, 0.05) is 6.61 Å². The van der Waals surface area contributed by atoms with Crippen LogP contribution in [0, 0.1) is 0 Å². The molecule has 6 heteroatoms. The van der Waals surface area contributed by atoms with E-state index >= 15 is 0 Å². The van der Waals surface area contributed by atoms with Crippen molar-refractivity contribution in [3.63, 3.8) is 0 Å². The number of unbranched alkanes of at least 4 members (excludes halogenated alkanes) is 3. The Kier molecular flexibility index (Phi) is 9.86. The number of aliphatic carboxylic acids is 1. The van der Waals surface area contributed by atoms with Crippen molar-refractivity contribution in [1.29, 1.82) is 0 Å². The summed E-state index contributed by atoms with van der Waals surface area (Å²) < 4.78 is 31.7. The first-order valence-corrected chi connectivity index (χ1v) is 4.27. The Hall–Kier alpha value is -0.780. The number of carboxylic acids is 1. The van der Waals surface area contributed by atoms with E-state index in [4.69, 9.17) is 15.0 Å². The minimum atomic E-state index is -5.08. The second-order valence-electron chi connectivity index (χ2n) is 2.59. The van der Waals surface area contributed by atoms with Gasteiger partial charge in [0.05, 0.1) is 0 Å². The van der Waals surface area contributed by atoms with E-state index in [1.165, 1.54) is 19.3 Å². The lowest BCUT2D eigenvalue weighted by atomic mass is 10.2. The molecule has 0 saturated heterocycles. The van der Waals surface area contributed by atoms with Crippen LogP contribution in [0.1, 0.15) is 32.6 Å². The van der Waals surface area contributed by atoms with Crippen LogP contribution >= 0.6 is 0 Å². The zero-order valence-corrected chi connectivity index (χ0v) is 7.97. The number of aliphatic hydroxyl groups excluding tert-OH is 1. The van der Waals surface area contributed by atoms with Crippen molar-refractivity contribution >= 4 is 5.97 Å². The second-order valence-corrected chi connectivity index (χ2v) is 2.59. The first-order chi connectivity index (χ1) is 6.36. The average molecular weight is 216 g/mol. The fraction of sp³-hybridized carbons (Fsp3) is 0.875.